The summed E-state index contributed by atoms with van der Waals surface area (Å²) in [5, 5.41) is 52.6. The number of hydrogen-bond donors (Lipinski definition) is 14. The summed E-state index contributed by atoms with van der Waals surface area (Å²) in [6, 6.07) is -0.320. The highest BCUT2D eigenvalue weighted by Crippen LogP contribution is 2.54. The van der Waals surface area contributed by atoms with Crippen LogP contribution in [0.25, 0.3) is 0 Å². The predicted octanol–water partition coefficient (Wildman–Crippen LogP) is -3.28. The summed E-state index contributed by atoms with van der Waals surface area (Å²) in [5.41, 5.74) is 10.3. The zero-order valence-corrected chi connectivity index (χ0v) is 50.5. The number of nitrogens with two attached hydrogens (primary N) is 2. The molecular weight excluding hydrogens is 1150 g/mol. The van der Waals surface area contributed by atoms with E-state index in [2.05, 4.69) is 47.9 Å². The highest BCUT2D eigenvalue weighted by Gasteiger charge is 2.68. The number of primary amides is 2. The van der Waals surface area contributed by atoms with E-state index in [-0.39, 0.29) is 36.8 Å². The molecule has 0 saturated carbocycles. The first-order valence-corrected chi connectivity index (χ1v) is 28.9. The highest BCUT2D eigenvalue weighted by atomic mass is 16.5. The second-order valence-corrected chi connectivity index (χ2v) is 23.6. The van der Waals surface area contributed by atoms with E-state index in [1.165, 1.54) is 45.0 Å². The number of fused-ring (bicyclic) bond motifs is 5. The lowest BCUT2D eigenvalue weighted by molar-refractivity contribution is -0.138. The van der Waals surface area contributed by atoms with E-state index >= 15 is 0 Å². The smallest absolute Gasteiger partial charge is 0.245 e. The first-order valence-electron chi connectivity index (χ1n) is 28.9. The Kier molecular flexibility index (Phi) is 24.4. The Hall–Kier alpha value is -8.83. The number of para-hydroxylation sites is 1. The summed E-state index contributed by atoms with van der Waals surface area (Å²) in [6.45, 7) is 12.7. The van der Waals surface area contributed by atoms with Gasteiger partial charge in [-0.05, 0) is 74.3 Å². The largest absolute Gasteiger partial charge is 0.508 e. The Balaban J connectivity index is 1.33. The van der Waals surface area contributed by atoms with Gasteiger partial charge in [0.25, 0.3) is 0 Å². The number of nitrogens with zero attached hydrogens (tertiary/aromatic N) is 1. The van der Waals surface area contributed by atoms with Crippen LogP contribution in [0.5, 0.6) is 5.75 Å². The van der Waals surface area contributed by atoms with E-state index in [1.54, 1.807) is 70.2 Å². The molecule has 2 bridgehead atoms. The molecule has 2 aromatic rings. The van der Waals surface area contributed by atoms with Gasteiger partial charge in [0, 0.05) is 19.8 Å². The van der Waals surface area contributed by atoms with E-state index in [0.717, 1.165) is 18.7 Å². The van der Waals surface area contributed by atoms with Gasteiger partial charge >= 0.3 is 0 Å². The first kappa shape index (κ1) is 69.9. The van der Waals surface area contributed by atoms with Gasteiger partial charge in [0.15, 0.2) is 0 Å². The third kappa shape index (κ3) is 18.1. The molecule has 0 aliphatic carbocycles. The lowest BCUT2D eigenvalue weighted by Crippen LogP contribution is -2.63. The van der Waals surface area contributed by atoms with E-state index in [4.69, 9.17) is 16.2 Å². The number of hydrogen-bond acceptors (Lipinski definition) is 17. The van der Waals surface area contributed by atoms with Gasteiger partial charge in [-0.2, -0.15) is 0 Å². The molecule has 2 saturated heterocycles. The average Bonchev–Trinajstić information content (AvgIpc) is 2.10. The topological polar surface area (TPSA) is 455 Å². The number of benzene rings is 2. The molecule has 3 aliphatic rings. The molecule has 2 fully saturated rings. The number of imide groups is 1. The van der Waals surface area contributed by atoms with Crippen LogP contribution in [-0.2, 0) is 73.5 Å². The van der Waals surface area contributed by atoms with Crippen LogP contribution in [0.2, 0.25) is 0 Å². The van der Waals surface area contributed by atoms with Crippen molar-refractivity contribution in [3.8, 4) is 5.75 Å². The number of aliphatic hydroxyl groups is 2. The van der Waals surface area contributed by atoms with Gasteiger partial charge in [-0.1, -0.05) is 84.0 Å². The Morgan fingerprint density at radius 2 is 1.10 bits per heavy atom. The van der Waals surface area contributed by atoms with Gasteiger partial charge < -0.3 is 79.4 Å². The van der Waals surface area contributed by atoms with Crippen LogP contribution in [0.4, 0.5) is 5.69 Å². The summed E-state index contributed by atoms with van der Waals surface area (Å²) < 4.78 is 6.30. The molecular formula is C59H82N12O17. The molecule has 0 radical (unpaired) electrons. The number of carbonyl (C=O) groups is 13. The molecule has 5 rings (SSSR count). The Bertz CT molecular complexity index is 2980. The van der Waals surface area contributed by atoms with Crippen LogP contribution in [0.1, 0.15) is 93.6 Å². The van der Waals surface area contributed by atoms with Crippen LogP contribution in [-0.4, -0.2) is 171 Å². The van der Waals surface area contributed by atoms with Crippen molar-refractivity contribution in [3.63, 3.8) is 0 Å². The number of aromatic hydroxyl groups is 1. The molecule has 29 heteroatoms. The van der Waals surface area contributed by atoms with Crippen LogP contribution in [0.15, 0.2) is 66.7 Å². The molecule has 16 N–H and O–H groups in total. The van der Waals surface area contributed by atoms with Crippen LogP contribution < -0.4 is 64.2 Å². The van der Waals surface area contributed by atoms with Crippen molar-refractivity contribution in [1.82, 2.24) is 47.9 Å². The number of aliphatic hydroxyl groups excluding tert-OH is 2. The number of nitrogens with one attached hydrogen (secondary N) is 9. The van der Waals surface area contributed by atoms with Crippen molar-refractivity contribution < 1.29 is 82.4 Å². The minimum atomic E-state index is -1.91. The number of anilines is 1. The number of amides is 13. The zero-order valence-electron chi connectivity index (χ0n) is 50.5. The Labute approximate surface area is 508 Å². The molecule has 0 aromatic heterocycles. The normalized spacial score (nSPS) is 20.8. The van der Waals surface area contributed by atoms with Crippen molar-refractivity contribution in [1.29, 1.82) is 0 Å². The van der Waals surface area contributed by atoms with Crippen molar-refractivity contribution >= 4 is 82.5 Å². The van der Waals surface area contributed by atoms with Crippen molar-refractivity contribution in [2.75, 3.05) is 11.5 Å². The number of phenols is 1. The molecule has 88 heavy (non-hydrogen) atoms. The van der Waals surface area contributed by atoms with Crippen molar-refractivity contribution in [2.24, 2.45) is 41.1 Å². The second-order valence-electron chi connectivity index (χ2n) is 23.6. The lowest BCUT2D eigenvalue weighted by Gasteiger charge is -2.33. The predicted molar refractivity (Wildman–Crippen MR) is 313 cm³/mol. The third-order valence-electron chi connectivity index (χ3n) is 15.0. The van der Waals surface area contributed by atoms with Gasteiger partial charge in [-0.25, -0.2) is 4.90 Å². The van der Waals surface area contributed by atoms with Gasteiger partial charge in [0.2, 0.25) is 76.8 Å². The Morgan fingerprint density at radius 3 is 1.66 bits per heavy atom. The molecule has 480 valence electrons. The van der Waals surface area contributed by atoms with Crippen molar-refractivity contribution in [2.45, 2.75) is 167 Å². The van der Waals surface area contributed by atoms with E-state index in [1.807, 2.05) is 0 Å². The average molecular weight is 1230 g/mol. The standard InChI is InChI=1S/C59H82N12O17/c1-27(2)21-36(48(61)77)64-53(82)40(25-59-20-19-42(88-59)44-45(59)58(87)71(57(44)86)34-13-11-10-12-14-34)68-49(78)30(7)62-55(84)46(29(5)6)69-56(85)47(31(8)73)70-52(81)39(24-43(60)76)67-51(80)38(23-33-15-17-35(75)18-16-33)66-50(79)37(22-28(3)4)65-54(83)41(26-72)63-32(9)74/h10-20,27-31,36-42,44-47,72-73,75H,21-26H2,1-9H3,(H2,60,76)(H2,61,77)(H,62,84)(H,63,74)(H,64,82)(H,65,83)(H,66,79)(H,67,80)(H,68,78)(H,69,85)(H,70,81)/t30-,31+,36-,37-,38-,39-,40-,41-,42?,44?,45?,46-,47-,59?/m0/s1. The molecule has 4 unspecified atom stereocenters. The minimum absolute atomic E-state index is 0.00520. The quantitative estimate of drug-likeness (QED) is 0.0252. The monoisotopic (exact) mass is 1230 g/mol. The fraction of sp³-hybridized carbons (Fsp3) is 0.542. The first-order chi connectivity index (χ1) is 41.3. The van der Waals surface area contributed by atoms with Gasteiger partial charge in [-0.15, -0.1) is 0 Å². The summed E-state index contributed by atoms with van der Waals surface area (Å²) in [4.78, 5) is 178. The number of ether oxygens (including phenoxy) is 1. The van der Waals surface area contributed by atoms with Crippen LogP contribution >= 0.6 is 0 Å². The van der Waals surface area contributed by atoms with Crippen molar-refractivity contribution in [3.05, 3.63) is 72.3 Å². The molecule has 0 spiro atoms. The lowest BCUT2D eigenvalue weighted by atomic mass is 9.74. The van der Waals surface area contributed by atoms with Crippen LogP contribution in [0, 0.1) is 29.6 Å². The molecule has 3 aliphatic heterocycles. The maximum atomic E-state index is 14.3. The van der Waals surface area contributed by atoms with E-state index in [0.29, 0.717) is 11.3 Å². The summed E-state index contributed by atoms with van der Waals surface area (Å²) in [7, 11) is 0. The van der Waals surface area contributed by atoms with E-state index in [9.17, 15) is 77.6 Å². The minimum Gasteiger partial charge on any atom is -0.508 e. The highest BCUT2D eigenvalue weighted by molar-refractivity contribution is 6.23. The third-order valence-corrected chi connectivity index (χ3v) is 15.0. The SMILES string of the molecule is CC(=O)N[C@@H](CO)C(=O)N[C@@H](CC(C)C)C(=O)N[C@@H](Cc1ccc(O)cc1)C(=O)N[C@@H](CC(N)=O)C(=O)N[C@H](C(=O)N[C@H](C(=O)N[C@@H](C)C(=O)N[C@@H](CC12C=CC(O1)C1C(=O)N(c3ccccc3)C(=O)C12)C(=O)N[C@@H](CC(C)C)C(N)=O)C(C)C)[C@@H](C)O. The Morgan fingerprint density at radius 1 is 0.591 bits per heavy atom. The number of carbonyl (C=O) groups excluding carboxylic acids is 13. The maximum absolute atomic E-state index is 14.3. The van der Waals surface area contributed by atoms with Gasteiger partial charge in [0.1, 0.15) is 65.7 Å². The fourth-order valence-electron chi connectivity index (χ4n) is 10.6. The second kappa shape index (κ2) is 30.7. The molecule has 13 amide bonds. The van der Waals surface area contributed by atoms with E-state index < -0.39 is 186 Å². The summed E-state index contributed by atoms with van der Waals surface area (Å²) >= 11 is 0. The number of phenolic OH excluding ortho intramolecular Hbond substituents is 1. The molecule has 29 nitrogen and oxygen atoms in total. The summed E-state index contributed by atoms with van der Waals surface area (Å²) in [5.74, 6) is -15.3. The molecule has 3 heterocycles. The zero-order chi connectivity index (χ0) is 65.6. The molecule has 2 aromatic carbocycles. The maximum Gasteiger partial charge on any atom is 0.245 e. The number of rotatable bonds is 32. The van der Waals surface area contributed by atoms with Gasteiger partial charge in [-0.3, -0.25) is 62.3 Å². The fourth-order valence-corrected chi connectivity index (χ4v) is 10.6. The van der Waals surface area contributed by atoms with Gasteiger partial charge in [0.05, 0.1) is 42.8 Å². The summed E-state index contributed by atoms with van der Waals surface area (Å²) in [6.07, 6.45) is -0.965. The van der Waals surface area contributed by atoms with Crippen LogP contribution in [0.3, 0.4) is 0 Å². The molecule has 14 atom stereocenters.